The number of sulfonamides is 1. The van der Waals surface area contributed by atoms with Crippen LogP contribution in [-0.2, 0) is 16.4 Å². The molecule has 1 aromatic heterocycles. The van der Waals surface area contributed by atoms with E-state index >= 15 is 0 Å². The summed E-state index contributed by atoms with van der Waals surface area (Å²) in [7, 11) is -1.48. The fourth-order valence-corrected chi connectivity index (χ4v) is 6.08. The lowest BCUT2D eigenvalue weighted by atomic mass is 10.1. The first-order valence-electron chi connectivity index (χ1n) is 12.7. The maximum absolute atomic E-state index is 13.0. The number of anilines is 3. The highest BCUT2D eigenvalue weighted by atomic mass is 32.2. The maximum atomic E-state index is 13.0. The van der Waals surface area contributed by atoms with E-state index in [1.807, 2.05) is 46.8 Å². The Labute approximate surface area is 221 Å². The van der Waals surface area contributed by atoms with Crippen molar-refractivity contribution < 1.29 is 8.42 Å². The van der Waals surface area contributed by atoms with Crippen molar-refractivity contribution >= 4 is 27.3 Å². The number of rotatable bonds is 7. The number of nitrogens with zero attached hydrogens (tertiary/aromatic N) is 4. The third kappa shape index (κ3) is 7.06. The van der Waals surface area contributed by atoms with E-state index in [0.717, 1.165) is 48.7 Å². The highest BCUT2D eigenvalue weighted by Gasteiger charge is 2.24. The van der Waals surface area contributed by atoms with E-state index in [1.54, 1.807) is 12.3 Å². The zero-order valence-electron chi connectivity index (χ0n) is 22.7. The second-order valence-corrected chi connectivity index (χ2v) is 12.6. The molecule has 8 nitrogen and oxygen atoms in total. The predicted molar refractivity (Wildman–Crippen MR) is 150 cm³/mol. The number of hydrogen-bond donors (Lipinski definition) is 2. The topological polar surface area (TPSA) is 90.5 Å². The summed E-state index contributed by atoms with van der Waals surface area (Å²) in [5.41, 5.74) is 4.97. The van der Waals surface area contributed by atoms with E-state index < -0.39 is 15.6 Å². The van der Waals surface area contributed by atoms with Gasteiger partial charge in [-0.1, -0.05) is 12.1 Å². The van der Waals surface area contributed by atoms with Crippen LogP contribution >= 0.6 is 0 Å². The fraction of sp³-hybridized carbons (Fsp3) is 0.429. The third-order valence-electron chi connectivity index (χ3n) is 6.42. The van der Waals surface area contributed by atoms with Gasteiger partial charge in [-0.15, -0.1) is 0 Å². The van der Waals surface area contributed by atoms with Crippen molar-refractivity contribution in [2.45, 2.75) is 51.5 Å². The molecule has 0 bridgehead atoms. The summed E-state index contributed by atoms with van der Waals surface area (Å²) >= 11 is 0. The maximum Gasteiger partial charge on any atom is 0.241 e. The molecule has 1 saturated heterocycles. The fourth-order valence-electron chi connectivity index (χ4n) is 4.36. The van der Waals surface area contributed by atoms with E-state index in [1.165, 1.54) is 5.69 Å². The van der Waals surface area contributed by atoms with E-state index in [2.05, 4.69) is 56.1 Å². The van der Waals surface area contributed by atoms with Gasteiger partial charge in [-0.25, -0.2) is 23.1 Å². The number of nitrogens with one attached hydrogen (secondary N) is 2. The van der Waals surface area contributed by atoms with Gasteiger partial charge in [-0.05, 0) is 88.7 Å². The molecule has 9 heteroatoms. The summed E-state index contributed by atoms with van der Waals surface area (Å²) in [5, 5.41) is 3.31. The third-order valence-corrected chi connectivity index (χ3v) is 8.32. The molecule has 1 fully saturated rings. The van der Waals surface area contributed by atoms with Crippen LogP contribution in [0.2, 0.25) is 0 Å². The zero-order chi connectivity index (χ0) is 26.8. The van der Waals surface area contributed by atoms with Gasteiger partial charge >= 0.3 is 0 Å². The van der Waals surface area contributed by atoms with E-state index in [4.69, 9.17) is 4.98 Å². The van der Waals surface area contributed by atoms with E-state index in [9.17, 15) is 8.42 Å². The minimum atomic E-state index is -3.64. The van der Waals surface area contributed by atoms with Crippen LogP contribution in [0, 0.1) is 13.8 Å². The second-order valence-electron chi connectivity index (χ2n) is 10.9. The van der Waals surface area contributed by atoms with Crippen molar-refractivity contribution in [2.75, 3.05) is 43.4 Å². The van der Waals surface area contributed by atoms with Crippen LogP contribution in [0.1, 0.15) is 43.2 Å². The molecule has 0 amide bonds. The first kappa shape index (κ1) is 27.0. The normalized spacial score (nSPS) is 15.1. The molecule has 0 aliphatic carbocycles. The summed E-state index contributed by atoms with van der Waals surface area (Å²) in [6, 6.07) is 13.9. The average molecular weight is 523 g/mol. The summed E-state index contributed by atoms with van der Waals surface area (Å²) in [5.74, 6) is 0.516. The SMILES string of the molecule is Cc1ccc(Cc2nc(Nc3ccc(N4CCN(C)CC4)cc3)ncc2C)cc1S(=O)(=O)NC(C)(C)C. The smallest absolute Gasteiger partial charge is 0.241 e. The first-order chi connectivity index (χ1) is 17.4. The van der Waals surface area contributed by atoms with Crippen molar-refractivity contribution in [1.29, 1.82) is 0 Å². The van der Waals surface area contributed by atoms with Gasteiger partial charge in [0.2, 0.25) is 16.0 Å². The number of piperazine rings is 1. The van der Waals surface area contributed by atoms with Crippen LogP contribution in [0.5, 0.6) is 0 Å². The second kappa shape index (κ2) is 10.8. The highest BCUT2D eigenvalue weighted by Crippen LogP contribution is 2.24. The molecule has 198 valence electrons. The lowest BCUT2D eigenvalue weighted by Crippen LogP contribution is -2.44. The van der Waals surface area contributed by atoms with Gasteiger partial charge in [-0.2, -0.15) is 0 Å². The average Bonchev–Trinajstić information content (AvgIpc) is 2.82. The minimum absolute atomic E-state index is 0.297. The number of aryl methyl sites for hydroxylation is 2. The molecular weight excluding hydrogens is 484 g/mol. The Kier molecular flexibility index (Phi) is 7.87. The van der Waals surface area contributed by atoms with Gasteiger partial charge in [0.05, 0.1) is 10.6 Å². The summed E-state index contributed by atoms with van der Waals surface area (Å²) < 4.78 is 28.7. The molecule has 1 aliphatic rings. The summed E-state index contributed by atoms with van der Waals surface area (Å²) in [6.45, 7) is 13.5. The predicted octanol–water partition coefficient (Wildman–Crippen LogP) is 4.26. The molecule has 3 aromatic rings. The van der Waals surface area contributed by atoms with Crippen molar-refractivity contribution in [3.8, 4) is 0 Å². The Morgan fingerprint density at radius 3 is 2.27 bits per heavy atom. The Hall–Kier alpha value is -3.01. The minimum Gasteiger partial charge on any atom is -0.369 e. The Bertz CT molecular complexity index is 1340. The molecule has 2 heterocycles. The van der Waals surface area contributed by atoms with E-state index in [0.29, 0.717) is 22.8 Å². The van der Waals surface area contributed by atoms with Crippen LogP contribution in [0.4, 0.5) is 17.3 Å². The lowest BCUT2D eigenvalue weighted by Gasteiger charge is -2.34. The zero-order valence-corrected chi connectivity index (χ0v) is 23.5. The van der Waals surface area contributed by atoms with Crippen molar-refractivity contribution in [3.63, 3.8) is 0 Å². The van der Waals surface area contributed by atoms with Gasteiger partial charge in [0.15, 0.2) is 0 Å². The van der Waals surface area contributed by atoms with Crippen LogP contribution in [0.25, 0.3) is 0 Å². The molecule has 37 heavy (non-hydrogen) atoms. The molecule has 0 unspecified atom stereocenters. The van der Waals surface area contributed by atoms with Crippen molar-refractivity contribution in [2.24, 2.45) is 0 Å². The van der Waals surface area contributed by atoms with Crippen LogP contribution in [-0.4, -0.2) is 62.1 Å². The molecule has 2 aromatic carbocycles. The summed E-state index contributed by atoms with van der Waals surface area (Å²) in [6.07, 6.45) is 2.31. The van der Waals surface area contributed by atoms with Crippen LogP contribution in [0.15, 0.2) is 53.6 Å². The van der Waals surface area contributed by atoms with Gasteiger partial charge in [0.1, 0.15) is 0 Å². The van der Waals surface area contributed by atoms with Crippen molar-refractivity contribution in [1.82, 2.24) is 19.6 Å². The van der Waals surface area contributed by atoms with Crippen LogP contribution in [0.3, 0.4) is 0 Å². The van der Waals surface area contributed by atoms with Crippen molar-refractivity contribution in [3.05, 3.63) is 71.0 Å². The molecule has 2 N–H and O–H groups in total. The number of benzene rings is 2. The number of likely N-dealkylation sites (N-methyl/N-ethyl adjacent to an activating group) is 1. The Morgan fingerprint density at radius 1 is 0.946 bits per heavy atom. The molecule has 1 aliphatic heterocycles. The number of hydrogen-bond acceptors (Lipinski definition) is 7. The first-order valence-corrected chi connectivity index (χ1v) is 14.1. The van der Waals surface area contributed by atoms with E-state index in [-0.39, 0.29) is 0 Å². The lowest BCUT2D eigenvalue weighted by molar-refractivity contribution is 0.313. The molecular formula is C28H38N6O2S. The number of aromatic nitrogens is 2. The van der Waals surface area contributed by atoms with Gasteiger partial charge in [0, 0.05) is 55.7 Å². The van der Waals surface area contributed by atoms with Gasteiger partial charge in [0.25, 0.3) is 0 Å². The molecule has 0 spiro atoms. The molecule has 0 atom stereocenters. The monoisotopic (exact) mass is 522 g/mol. The van der Waals surface area contributed by atoms with Crippen LogP contribution < -0.4 is 14.9 Å². The van der Waals surface area contributed by atoms with Gasteiger partial charge < -0.3 is 15.1 Å². The molecule has 4 rings (SSSR count). The van der Waals surface area contributed by atoms with Gasteiger partial charge in [-0.3, -0.25) is 0 Å². The standard InChI is InChI=1S/C28H38N6O2S/c1-20-7-8-22(18-26(20)37(35,36)32-28(3,4)5)17-25-21(2)19-29-27(31-25)30-23-9-11-24(12-10-23)34-15-13-33(6)14-16-34/h7-12,18-19,32H,13-17H2,1-6H3,(H,29,30,31). The quantitative estimate of drug-likeness (QED) is 0.479. The largest absolute Gasteiger partial charge is 0.369 e. The highest BCUT2D eigenvalue weighted by molar-refractivity contribution is 7.89. The molecule has 0 saturated carbocycles. The molecule has 0 radical (unpaired) electrons. The Morgan fingerprint density at radius 2 is 1.62 bits per heavy atom. The summed E-state index contributed by atoms with van der Waals surface area (Å²) in [4.78, 5) is 14.3. The Balaban J connectivity index is 1.49.